The van der Waals surface area contributed by atoms with Gasteiger partial charge in [0.05, 0.1) is 0 Å². The van der Waals surface area contributed by atoms with Crippen LogP contribution in [0, 0.1) is 17.3 Å². The third kappa shape index (κ3) is 2.30. The summed E-state index contributed by atoms with van der Waals surface area (Å²) in [4.78, 5) is 0. The van der Waals surface area contributed by atoms with Crippen LogP contribution in [0.25, 0.3) is 0 Å². The second kappa shape index (κ2) is 3.38. The largest absolute Gasteiger partial charge is 0.396 e. The van der Waals surface area contributed by atoms with Crippen molar-refractivity contribution in [2.24, 2.45) is 17.3 Å². The SMILES string of the molecule is CC(C)C(C)C(C)(C)CO. The van der Waals surface area contributed by atoms with E-state index in [2.05, 4.69) is 34.6 Å². The lowest BCUT2D eigenvalue weighted by molar-refractivity contribution is 0.0803. The molecular weight excluding hydrogens is 124 g/mol. The summed E-state index contributed by atoms with van der Waals surface area (Å²) in [6.45, 7) is 11.1. The van der Waals surface area contributed by atoms with Gasteiger partial charge in [-0.3, -0.25) is 0 Å². The quantitative estimate of drug-likeness (QED) is 0.644. The molecule has 0 aromatic carbocycles. The van der Waals surface area contributed by atoms with Crippen LogP contribution in [0.1, 0.15) is 34.6 Å². The second-order valence-corrected chi connectivity index (χ2v) is 4.18. The molecule has 62 valence electrons. The van der Waals surface area contributed by atoms with E-state index in [9.17, 15) is 0 Å². The van der Waals surface area contributed by atoms with Gasteiger partial charge in [-0.05, 0) is 17.3 Å². The first kappa shape index (κ1) is 9.96. The lowest BCUT2D eigenvalue weighted by Gasteiger charge is -2.32. The van der Waals surface area contributed by atoms with Crippen molar-refractivity contribution in [3.8, 4) is 0 Å². The third-order valence-electron chi connectivity index (χ3n) is 2.64. The standard InChI is InChI=1S/C9H20O/c1-7(2)8(3)9(4,5)6-10/h7-8,10H,6H2,1-5H3. The van der Waals surface area contributed by atoms with Crippen molar-refractivity contribution < 1.29 is 5.11 Å². The van der Waals surface area contributed by atoms with E-state index in [1.54, 1.807) is 0 Å². The summed E-state index contributed by atoms with van der Waals surface area (Å²) in [6, 6.07) is 0. The van der Waals surface area contributed by atoms with E-state index in [0.717, 1.165) is 0 Å². The van der Waals surface area contributed by atoms with Crippen molar-refractivity contribution in [3.63, 3.8) is 0 Å². The maximum Gasteiger partial charge on any atom is 0.0484 e. The molecule has 0 amide bonds. The molecule has 1 unspecified atom stereocenters. The lowest BCUT2D eigenvalue weighted by Crippen LogP contribution is -2.29. The summed E-state index contributed by atoms with van der Waals surface area (Å²) < 4.78 is 0. The first-order valence-electron chi connectivity index (χ1n) is 4.02. The second-order valence-electron chi connectivity index (χ2n) is 4.18. The maximum atomic E-state index is 9.01. The molecule has 0 aliphatic rings. The lowest BCUT2D eigenvalue weighted by atomic mass is 9.75. The molecule has 0 aromatic rings. The molecule has 1 N–H and O–H groups in total. The number of rotatable bonds is 3. The first-order valence-corrected chi connectivity index (χ1v) is 4.02. The Morgan fingerprint density at radius 1 is 1.20 bits per heavy atom. The molecule has 0 heterocycles. The molecule has 0 radical (unpaired) electrons. The van der Waals surface area contributed by atoms with E-state index >= 15 is 0 Å². The van der Waals surface area contributed by atoms with Gasteiger partial charge in [0.2, 0.25) is 0 Å². The Bertz CT molecular complexity index is 94.9. The van der Waals surface area contributed by atoms with Crippen LogP contribution in [-0.2, 0) is 0 Å². The van der Waals surface area contributed by atoms with Crippen molar-refractivity contribution in [2.45, 2.75) is 34.6 Å². The smallest absolute Gasteiger partial charge is 0.0484 e. The van der Waals surface area contributed by atoms with Crippen LogP contribution < -0.4 is 0 Å². The zero-order chi connectivity index (χ0) is 8.36. The van der Waals surface area contributed by atoms with Gasteiger partial charge < -0.3 is 5.11 Å². The topological polar surface area (TPSA) is 20.2 Å². The minimum Gasteiger partial charge on any atom is -0.396 e. The van der Waals surface area contributed by atoms with E-state index in [1.165, 1.54) is 0 Å². The minimum atomic E-state index is 0.0775. The summed E-state index contributed by atoms with van der Waals surface area (Å²) in [6.07, 6.45) is 0. The van der Waals surface area contributed by atoms with Gasteiger partial charge in [-0.25, -0.2) is 0 Å². The average Bonchev–Trinajstić information content (AvgIpc) is 1.86. The summed E-state index contributed by atoms with van der Waals surface area (Å²) in [7, 11) is 0. The molecule has 1 atom stereocenters. The minimum absolute atomic E-state index is 0.0775. The Morgan fingerprint density at radius 3 is 1.70 bits per heavy atom. The Hall–Kier alpha value is -0.0400. The first-order chi connectivity index (χ1) is 4.41. The van der Waals surface area contributed by atoms with Gasteiger partial charge in [0.25, 0.3) is 0 Å². The Balaban J connectivity index is 4.03. The van der Waals surface area contributed by atoms with Gasteiger partial charge in [0, 0.05) is 6.61 Å². The van der Waals surface area contributed by atoms with Crippen molar-refractivity contribution in [1.82, 2.24) is 0 Å². The predicted octanol–water partition coefficient (Wildman–Crippen LogP) is 2.30. The fraction of sp³-hybridized carbons (Fsp3) is 1.00. The molecule has 1 heteroatoms. The Labute approximate surface area is 64.5 Å². The summed E-state index contributed by atoms with van der Waals surface area (Å²) >= 11 is 0. The molecule has 0 aromatic heterocycles. The number of aliphatic hydroxyl groups is 1. The fourth-order valence-electron chi connectivity index (χ4n) is 1.05. The normalized spacial score (nSPS) is 15.9. The summed E-state index contributed by atoms with van der Waals surface area (Å²) in [5, 5.41) is 9.01. The zero-order valence-electron chi connectivity index (χ0n) is 7.81. The van der Waals surface area contributed by atoms with Gasteiger partial charge in [-0.15, -0.1) is 0 Å². The van der Waals surface area contributed by atoms with Crippen LogP contribution in [0.15, 0.2) is 0 Å². The van der Waals surface area contributed by atoms with Crippen molar-refractivity contribution >= 4 is 0 Å². The summed E-state index contributed by atoms with van der Waals surface area (Å²) in [5.74, 6) is 1.24. The Morgan fingerprint density at radius 2 is 1.60 bits per heavy atom. The predicted molar refractivity (Wildman–Crippen MR) is 44.9 cm³/mol. The van der Waals surface area contributed by atoms with Gasteiger partial charge >= 0.3 is 0 Å². The van der Waals surface area contributed by atoms with Crippen LogP contribution in [0.5, 0.6) is 0 Å². The van der Waals surface area contributed by atoms with Gasteiger partial charge in [0.15, 0.2) is 0 Å². The Kier molecular flexibility index (Phi) is 3.37. The molecule has 1 nitrogen and oxygen atoms in total. The molecule has 0 fully saturated rings. The molecule has 0 bridgehead atoms. The molecular formula is C9H20O. The molecule has 0 spiro atoms. The van der Waals surface area contributed by atoms with Crippen LogP contribution in [0.2, 0.25) is 0 Å². The highest BCUT2D eigenvalue weighted by Crippen LogP contribution is 2.31. The number of hydrogen-bond donors (Lipinski definition) is 1. The van der Waals surface area contributed by atoms with Gasteiger partial charge in [-0.1, -0.05) is 34.6 Å². The van der Waals surface area contributed by atoms with Gasteiger partial charge in [0.1, 0.15) is 0 Å². The van der Waals surface area contributed by atoms with E-state index in [4.69, 9.17) is 5.11 Å². The van der Waals surface area contributed by atoms with E-state index in [-0.39, 0.29) is 12.0 Å². The van der Waals surface area contributed by atoms with Crippen molar-refractivity contribution in [1.29, 1.82) is 0 Å². The fourth-order valence-corrected chi connectivity index (χ4v) is 1.05. The number of hydrogen-bond acceptors (Lipinski definition) is 1. The van der Waals surface area contributed by atoms with Gasteiger partial charge in [-0.2, -0.15) is 0 Å². The van der Waals surface area contributed by atoms with Crippen LogP contribution in [0.4, 0.5) is 0 Å². The van der Waals surface area contributed by atoms with Crippen LogP contribution >= 0.6 is 0 Å². The highest BCUT2D eigenvalue weighted by Gasteiger charge is 2.26. The highest BCUT2D eigenvalue weighted by molar-refractivity contribution is 4.75. The molecule has 0 saturated heterocycles. The number of aliphatic hydroxyl groups excluding tert-OH is 1. The van der Waals surface area contributed by atoms with Crippen LogP contribution in [0.3, 0.4) is 0 Å². The highest BCUT2D eigenvalue weighted by atomic mass is 16.3. The maximum absolute atomic E-state index is 9.01. The zero-order valence-corrected chi connectivity index (χ0v) is 7.81. The van der Waals surface area contributed by atoms with E-state index in [0.29, 0.717) is 11.8 Å². The molecule has 10 heavy (non-hydrogen) atoms. The third-order valence-corrected chi connectivity index (χ3v) is 2.64. The molecule has 0 rings (SSSR count). The molecule has 0 aliphatic heterocycles. The monoisotopic (exact) mass is 144 g/mol. The van der Waals surface area contributed by atoms with E-state index < -0.39 is 0 Å². The average molecular weight is 144 g/mol. The van der Waals surface area contributed by atoms with Crippen molar-refractivity contribution in [2.75, 3.05) is 6.61 Å². The molecule has 0 aliphatic carbocycles. The molecule has 0 saturated carbocycles. The van der Waals surface area contributed by atoms with E-state index in [1.807, 2.05) is 0 Å². The summed E-state index contributed by atoms with van der Waals surface area (Å²) in [5.41, 5.74) is 0.0775. The van der Waals surface area contributed by atoms with Crippen LogP contribution in [-0.4, -0.2) is 11.7 Å². The van der Waals surface area contributed by atoms with Crippen molar-refractivity contribution in [3.05, 3.63) is 0 Å².